The fourth-order valence-electron chi connectivity index (χ4n) is 0.981. The van der Waals surface area contributed by atoms with Crippen LogP contribution in [0.5, 0.6) is 0 Å². The SMILES string of the molecule is CCC(C)C(=O)NCCCCS(=O)(=O)O. The van der Waals surface area contributed by atoms with Crippen LogP contribution in [0, 0.1) is 5.92 Å². The highest BCUT2D eigenvalue weighted by Gasteiger charge is 2.09. The van der Waals surface area contributed by atoms with Crippen LogP contribution in [0.15, 0.2) is 0 Å². The third kappa shape index (κ3) is 8.38. The molecule has 0 saturated carbocycles. The van der Waals surface area contributed by atoms with Crippen molar-refractivity contribution in [3.63, 3.8) is 0 Å². The predicted octanol–water partition coefficient (Wildman–Crippen LogP) is 0.817. The summed E-state index contributed by atoms with van der Waals surface area (Å²) in [6.07, 6.45) is 1.71. The summed E-state index contributed by atoms with van der Waals surface area (Å²) in [4.78, 5) is 11.3. The number of rotatable bonds is 7. The van der Waals surface area contributed by atoms with E-state index in [1.165, 1.54) is 0 Å². The summed E-state index contributed by atoms with van der Waals surface area (Å²) < 4.78 is 29.1. The molecule has 6 heteroatoms. The van der Waals surface area contributed by atoms with Gasteiger partial charge in [-0.15, -0.1) is 0 Å². The molecule has 0 aliphatic heterocycles. The zero-order valence-electron chi connectivity index (χ0n) is 9.19. The molecule has 0 bridgehead atoms. The normalized spacial score (nSPS) is 13.5. The minimum absolute atomic E-state index is 0.00780. The third-order valence-corrected chi connectivity index (χ3v) is 2.99. The van der Waals surface area contributed by atoms with Crippen LogP contribution in [0.3, 0.4) is 0 Å². The number of unbranched alkanes of at least 4 members (excludes halogenated alkanes) is 1. The van der Waals surface area contributed by atoms with Gasteiger partial charge in [0.25, 0.3) is 10.1 Å². The molecule has 0 fully saturated rings. The van der Waals surface area contributed by atoms with E-state index in [0.29, 0.717) is 19.4 Å². The Morgan fingerprint density at radius 3 is 2.47 bits per heavy atom. The van der Waals surface area contributed by atoms with Gasteiger partial charge in [0.05, 0.1) is 5.75 Å². The molecular formula is C9H19NO4S. The zero-order valence-corrected chi connectivity index (χ0v) is 10.0. The molecule has 0 aromatic heterocycles. The van der Waals surface area contributed by atoms with E-state index in [9.17, 15) is 13.2 Å². The van der Waals surface area contributed by atoms with Crippen molar-refractivity contribution in [1.29, 1.82) is 0 Å². The molecule has 0 rings (SSSR count). The van der Waals surface area contributed by atoms with Crippen molar-refractivity contribution in [2.45, 2.75) is 33.1 Å². The standard InChI is InChI=1S/C9H19NO4S/c1-3-8(2)9(11)10-6-4-5-7-15(12,13)14/h8H,3-7H2,1-2H3,(H,10,11)(H,12,13,14). The lowest BCUT2D eigenvalue weighted by molar-refractivity contribution is -0.124. The van der Waals surface area contributed by atoms with Gasteiger partial charge in [-0.1, -0.05) is 13.8 Å². The van der Waals surface area contributed by atoms with Crippen molar-refractivity contribution >= 4 is 16.0 Å². The number of hydrogen-bond donors (Lipinski definition) is 2. The van der Waals surface area contributed by atoms with E-state index in [1.807, 2.05) is 13.8 Å². The van der Waals surface area contributed by atoms with Crippen molar-refractivity contribution in [2.24, 2.45) is 5.92 Å². The Kier molecular flexibility index (Phi) is 6.51. The van der Waals surface area contributed by atoms with E-state index in [-0.39, 0.29) is 17.6 Å². The third-order valence-electron chi connectivity index (χ3n) is 2.19. The highest BCUT2D eigenvalue weighted by atomic mass is 32.2. The molecule has 15 heavy (non-hydrogen) atoms. The monoisotopic (exact) mass is 237 g/mol. The molecule has 0 radical (unpaired) electrons. The Morgan fingerprint density at radius 1 is 1.40 bits per heavy atom. The second-order valence-corrected chi connectivity index (χ2v) is 5.17. The molecule has 2 N–H and O–H groups in total. The Balaban J connectivity index is 3.51. The van der Waals surface area contributed by atoms with Crippen molar-refractivity contribution in [2.75, 3.05) is 12.3 Å². The maximum Gasteiger partial charge on any atom is 0.264 e. The van der Waals surface area contributed by atoms with Crippen LogP contribution in [-0.4, -0.2) is 31.2 Å². The molecule has 0 saturated heterocycles. The topological polar surface area (TPSA) is 83.5 Å². The van der Waals surface area contributed by atoms with Gasteiger partial charge >= 0.3 is 0 Å². The Hall–Kier alpha value is -0.620. The van der Waals surface area contributed by atoms with Crippen LogP contribution in [0.4, 0.5) is 0 Å². The van der Waals surface area contributed by atoms with E-state index in [4.69, 9.17) is 4.55 Å². The van der Waals surface area contributed by atoms with Gasteiger partial charge in [-0.3, -0.25) is 9.35 Å². The van der Waals surface area contributed by atoms with Gasteiger partial charge in [0, 0.05) is 12.5 Å². The minimum atomic E-state index is -3.86. The highest BCUT2D eigenvalue weighted by Crippen LogP contribution is 2.00. The first-order valence-corrected chi connectivity index (χ1v) is 6.70. The molecule has 1 amide bonds. The average Bonchev–Trinajstić information content (AvgIpc) is 2.14. The molecule has 0 aliphatic rings. The van der Waals surface area contributed by atoms with Gasteiger partial charge in [-0.25, -0.2) is 0 Å². The second-order valence-electron chi connectivity index (χ2n) is 3.59. The molecule has 0 spiro atoms. The lowest BCUT2D eigenvalue weighted by atomic mass is 10.1. The van der Waals surface area contributed by atoms with Crippen LogP contribution in [0.1, 0.15) is 33.1 Å². The maximum atomic E-state index is 11.3. The summed E-state index contributed by atoms with van der Waals surface area (Å²) >= 11 is 0. The number of nitrogens with one attached hydrogen (secondary N) is 1. The van der Waals surface area contributed by atoms with Crippen LogP contribution >= 0.6 is 0 Å². The van der Waals surface area contributed by atoms with Crippen LogP contribution in [0.25, 0.3) is 0 Å². The number of carbonyl (C=O) groups excluding carboxylic acids is 1. The molecule has 0 aromatic rings. The number of hydrogen-bond acceptors (Lipinski definition) is 3. The fourth-order valence-corrected chi connectivity index (χ4v) is 1.55. The lowest BCUT2D eigenvalue weighted by Gasteiger charge is -2.09. The molecule has 0 aromatic carbocycles. The van der Waals surface area contributed by atoms with Crippen LogP contribution in [0.2, 0.25) is 0 Å². The van der Waals surface area contributed by atoms with E-state index in [0.717, 1.165) is 6.42 Å². The van der Waals surface area contributed by atoms with Crippen LogP contribution < -0.4 is 5.32 Å². The van der Waals surface area contributed by atoms with Crippen molar-refractivity contribution in [3.05, 3.63) is 0 Å². The zero-order chi connectivity index (χ0) is 11.9. The smallest absolute Gasteiger partial charge is 0.264 e. The largest absolute Gasteiger partial charge is 0.356 e. The summed E-state index contributed by atoms with van der Waals surface area (Å²) in [5.74, 6) is -0.262. The summed E-state index contributed by atoms with van der Waals surface area (Å²) in [6.45, 7) is 4.23. The van der Waals surface area contributed by atoms with Gasteiger partial charge in [0.2, 0.25) is 5.91 Å². The molecule has 5 nitrogen and oxygen atoms in total. The number of amides is 1. The highest BCUT2D eigenvalue weighted by molar-refractivity contribution is 7.85. The Morgan fingerprint density at radius 2 is 2.00 bits per heavy atom. The van der Waals surface area contributed by atoms with Gasteiger partial charge in [0.1, 0.15) is 0 Å². The summed E-state index contributed by atoms with van der Waals surface area (Å²) in [6, 6.07) is 0. The fraction of sp³-hybridized carbons (Fsp3) is 0.889. The molecule has 0 heterocycles. The average molecular weight is 237 g/mol. The Bertz CT molecular complexity index is 286. The molecule has 90 valence electrons. The first kappa shape index (κ1) is 14.4. The van der Waals surface area contributed by atoms with Gasteiger partial charge < -0.3 is 5.32 Å². The summed E-state index contributed by atoms with van der Waals surface area (Å²) in [5, 5.41) is 2.70. The van der Waals surface area contributed by atoms with E-state index >= 15 is 0 Å². The molecule has 1 unspecified atom stereocenters. The van der Waals surface area contributed by atoms with Gasteiger partial charge in [-0.2, -0.15) is 8.42 Å². The lowest BCUT2D eigenvalue weighted by Crippen LogP contribution is -2.29. The quantitative estimate of drug-likeness (QED) is 0.507. The summed E-state index contributed by atoms with van der Waals surface area (Å²) in [5.41, 5.74) is 0. The molecule has 1 atom stereocenters. The summed E-state index contributed by atoms with van der Waals surface area (Å²) in [7, 11) is -3.86. The Labute approximate surface area is 91.0 Å². The number of carbonyl (C=O) groups is 1. The maximum absolute atomic E-state index is 11.3. The van der Waals surface area contributed by atoms with E-state index in [1.54, 1.807) is 0 Å². The van der Waals surface area contributed by atoms with Gasteiger partial charge in [0.15, 0.2) is 0 Å². The molecule has 0 aliphatic carbocycles. The van der Waals surface area contributed by atoms with Gasteiger partial charge in [-0.05, 0) is 19.3 Å². The van der Waals surface area contributed by atoms with E-state index < -0.39 is 10.1 Å². The van der Waals surface area contributed by atoms with Crippen molar-refractivity contribution in [3.8, 4) is 0 Å². The van der Waals surface area contributed by atoms with E-state index in [2.05, 4.69) is 5.32 Å². The van der Waals surface area contributed by atoms with Crippen molar-refractivity contribution in [1.82, 2.24) is 5.32 Å². The van der Waals surface area contributed by atoms with Crippen LogP contribution in [-0.2, 0) is 14.9 Å². The minimum Gasteiger partial charge on any atom is -0.356 e. The first-order chi connectivity index (χ1) is 6.87. The predicted molar refractivity (Wildman–Crippen MR) is 58.1 cm³/mol. The first-order valence-electron chi connectivity index (χ1n) is 5.09. The van der Waals surface area contributed by atoms with Crippen molar-refractivity contribution < 1.29 is 17.8 Å². The molecular weight excluding hydrogens is 218 g/mol. The second kappa shape index (κ2) is 6.79.